The van der Waals surface area contributed by atoms with E-state index in [0.717, 1.165) is 5.56 Å². The van der Waals surface area contributed by atoms with Crippen molar-refractivity contribution in [2.24, 2.45) is 0 Å². The van der Waals surface area contributed by atoms with Gasteiger partial charge in [-0.2, -0.15) is 4.31 Å². The minimum atomic E-state index is -3.56. The fraction of sp³-hybridized carbons (Fsp3) is 0.381. The van der Waals surface area contributed by atoms with Gasteiger partial charge in [-0.15, -0.1) is 0 Å². The van der Waals surface area contributed by atoms with Crippen LogP contribution < -0.4 is 4.74 Å². The molecule has 2 aromatic rings. The monoisotopic (exact) mass is 436 g/mol. The number of carbonyl (C=O) groups excluding carboxylic acids is 1. The van der Waals surface area contributed by atoms with Crippen LogP contribution in [0, 0.1) is 6.92 Å². The van der Waals surface area contributed by atoms with Gasteiger partial charge in [0.05, 0.1) is 9.92 Å². The molecule has 156 valence electrons. The molecule has 0 aliphatic carbocycles. The molecule has 0 N–H and O–H groups in total. The summed E-state index contributed by atoms with van der Waals surface area (Å²) in [7, 11) is -3.56. The zero-order valence-corrected chi connectivity index (χ0v) is 18.1. The van der Waals surface area contributed by atoms with Gasteiger partial charge in [-0.1, -0.05) is 48.4 Å². The van der Waals surface area contributed by atoms with Crippen molar-refractivity contribution in [3.8, 4) is 5.75 Å². The minimum Gasteiger partial charge on any atom is -0.479 e. The lowest BCUT2D eigenvalue weighted by molar-refractivity contribution is -0.140. The SMILES string of the molecule is CC[C@@H](Oc1ccccc1Cl)C(=O)N1CCN(S(=O)(=O)c2ccc(C)cc2)CC1. The molecule has 0 spiro atoms. The summed E-state index contributed by atoms with van der Waals surface area (Å²) >= 11 is 6.13. The van der Waals surface area contributed by atoms with Crippen LogP contribution in [-0.2, 0) is 14.8 Å². The molecule has 8 heteroatoms. The molecule has 29 heavy (non-hydrogen) atoms. The van der Waals surface area contributed by atoms with Crippen molar-refractivity contribution in [1.29, 1.82) is 0 Å². The predicted octanol–water partition coefficient (Wildman–Crippen LogP) is 3.34. The summed E-state index contributed by atoms with van der Waals surface area (Å²) in [5.41, 5.74) is 1.00. The summed E-state index contributed by atoms with van der Waals surface area (Å²) in [6, 6.07) is 13.8. The van der Waals surface area contributed by atoms with Crippen molar-refractivity contribution in [3.05, 3.63) is 59.1 Å². The van der Waals surface area contributed by atoms with E-state index >= 15 is 0 Å². The molecule has 1 fully saturated rings. The first kappa shape index (κ1) is 21.6. The number of sulfonamides is 1. The van der Waals surface area contributed by atoms with E-state index in [-0.39, 0.29) is 23.9 Å². The third kappa shape index (κ3) is 4.91. The molecule has 1 aliphatic heterocycles. The number of rotatable bonds is 6. The number of para-hydroxylation sites is 1. The van der Waals surface area contributed by atoms with Gasteiger partial charge in [-0.05, 0) is 37.6 Å². The minimum absolute atomic E-state index is 0.153. The number of amides is 1. The predicted molar refractivity (Wildman–Crippen MR) is 113 cm³/mol. The van der Waals surface area contributed by atoms with Crippen LogP contribution in [0.25, 0.3) is 0 Å². The van der Waals surface area contributed by atoms with Crippen LogP contribution in [0.5, 0.6) is 5.75 Å². The number of piperazine rings is 1. The number of nitrogens with zero attached hydrogens (tertiary/aromatic N) is 2. The zero-order valence-electron chi connectivity index (χ0n) is 16.5. The van der Waals surface area contributed by atoms with E-state index in [2.05, 4.69) is 0 Å². The number of hydrogen-bond acceptors (Lipinski definition) is 4. The van der Waals surface area contributed by atoms with Gasteiger partial charge in [0, 0.05) is 26.2 Å². The topological polar surface area (TPSA) is 66.9 Å². The second-order valence-electron chi connectivity index (χ2n) is 6.99. The highest BCUT2D eigenvalue weighted by molar-refractivity contribution is 7.89. The number of halogens is 1. The van der Waals surface area contributed by atoms with Crippen LogP contribution >= 0.6 is 11.6 Å². The van der Waals surface area contributed by atoms with Gasteiger partial charge in [-0.3, -0.25) is 4.79 Å². The van der Waals surface area contributed by atoms with Crippen LogP contribution in [-0.4, -0.2) is 55.8 Å². The van der Waals surface area contributed by atoms with E-state index in [0.29, 0.717) is 30.3 Å². The molecule has 2 aromatic carbocycles. The Morgan fingerprint density at radius 1 is 1.07 bits per heavy atom. The maximum absolute atomic E-state index is 12.9. The summed E-state index contributed by atoms with van der Waals surface area (Å²) in [5.74, 6) is 0.315. The van der Waals surface area contributed by atoms with Crippen LogP contribution in [0.1, 0.15) is 18.9 Å². The first-order valence-corrected chi connectivity index (χ1v) is 11.4. The molecule has 1 aliphatic rings. The average Bonchev–Trinajstić information content (AvgIpc) is 2.73. The van der Waals surface area contributed by atoms with Crippen molar-refractivity contribution in [2.45, 2.75) is 31.3 Å². The molecule has 0 radical (unpaired) electrons. The zero-order chi connectivity index (χ0) is 21.0. The Morgan fingerprint density at radius 3 is 2.28 bits per heavy atom. The standard InChI is InChI=1S/C21H25ClN2O4S/c1-3-19(28-20-7-5-4-6-18(20)22)21(25)23-12-14-24(15-13-23)29(26,27)17-10-8-16(2)9-11-17/h4-11,19H,3,12-15H2,1-2H3/t19-/m1/s1. The lowest BCUT2D eigenvalue weighted by atomic mass is 10.2. The second-order valence-corrected chi connectivity index (χ2v) is 9.33. The Kier molecular flexibility index (Phi) is 6.82. The fourth-order valence-electron chi connectivity index (χ4n) is 3.21. The van der Waals surface area contributed by atoms with Crippen molar-refractivity contribution >= 4 is 27.5 Å². The Hall–Kier alpha value is -2.09. The summed E-state index contributed by atoms with van der Waals surface area (Å²) in [6.07, 6.45) is -0.165. The van der Waals surface area contributed by atoms with Crippen molar-refractivity contribution in [2.75, 3.05) is 26.2 Å². The van der Waals surface area contributed by atoms with Crippen LogP contribution in [0.4, 0.5) is 0 Å². The maximum Gasteiger partial charge on any atom is 0.263 e. The highest BCUT2D eigenvalue weighted by Gasteiger charge is 2.33. The number of hydrogen-bond donors (Lipinski definition) is 0. The van der Waals surface area contributed by atoms with Gasteiger partial charge in [0.25, 0.3) is 5.91 Å². The molecule has 1 saturated heterocycles. The van der Waals surface area contributed by atoms with Crippen LogP contribution in [0.15, 0.2) is 53.4 Å². The van der Waals surface area contributed by atoms with Crippen LogP contribution in [0.2, 0.25) is 5.02 Å². The number of benzene rings is 2. The maximum atomic E-state index is 12.9. The third-order valence-electron chi connectivity index (χ3n) is 4.96. The van der Waals surface area contributed by atoms with Gasteiger partial charge in [0.15, 0.2) is 6.10 Å². The molecular formula is C21H25ClN2O4S. The van der Waals surface area contributed by atoms with Gasteiger partial charge in [0.1, 0.15) is 5.75 Å². The molecular weight excluding hydrogens is 412 g/mol. The van der Waals surface area contributed by atoms with E-state index in [1.807, 2.05) is 13.8 Å². The normalized spacial score (nSPS) is 16.4. The fourth-order valence-corrected chi connectivity index (χ4v) is 4.82. The molecule has 0 bridgehead atoms. The molecule has 0 saturated carbocycles. The summed E-state index contributed by atoms with van der Waals surface area (Å²) in [4.78, 5) is 14.8. The number of ether oxygens (including phenoxy) is 1. The molecule has 0 aromatic heterocycles. The van der Waals surface area contributed by atoms with E-state index in [4.69, 9.17) is 16.3 Å². The van der Waals surface area contributed by atoms with E-state index in [9.17, 15) is 13.2 Å². The lowest BCUT2D eigenvalue weighted by Crippen LogP contribution is -2.53. The molecule has 1 atom stereocenters. The van der Waals surface area contributed by atoms with Gasteiger partial charge < -0.3 is 9.64 Å². The van der Waals surface area contributed by atoms with Gasteiger partial charge in [0.2, 0.25) is 10.0 Å². The van der Waals surface area contributed by atoms with E-state index < -0.39 is 16.1 Å². The average molecular weight is 437 g/mol. The molecule has 0 unspecified atom stereocenters. The highest BCUT2D eigenvalue weighted by Crippen LogP contribution is 2.26. The highest BCUT2D eigenvalue weighted by atomic mass is 35.5. The first-order valence-electron chi connectivity index (χ1n) is 9.59. The van der Waals surface area contributed by atoms with Gasteiger partial charge >= 0.3 is 0 Å². The largest absolute Gasteiger partial charge is 0.479 e. The Labute approximate surface area is 177 Å². The van der Waals surface area contributed by atoms with Gasteiger partial charge in [-0.25, -0.2) is 8.42 Å². The molecule has 1 heterocycles. The van der Waals surface area contributed by atoms with Crippen molar-refractivity contribution in [3.63, 3.8) is 0 Å². The molecule has 3 rings (SSSR count). The first-order chi connectivity index (χ1) is 13.8. The quantitative estimate of drug-likeness (QED) is 0.696. The van der Waals surface area contributed by atoms with Crippen LogP contribution in [0.3, 0.4) is 0 Å². The van der Waals surface area contributed by atoms with E-state index in [1.54, 1.807) is 53.4 Å². The summed E-state index contributed by atoms with van der Waals surface area (Å²) in [6.45, 7) is 4.95. The smallest absolute Gasteiger partial charge is 0.263 e. The lowest BCUT2D eigenvalue weighted by Gasteiger charge is -2.35. The van der Waals surface area contributed by atoms with Crippen molar-refractivity contribution in [1.82, 2.24) is 9.21 Å². The molecule has 1 amide bonds. The van der Waals surface area contributed by atoms with E-state index in [1.165, 1.54) is 4.31 Å². The van der Waals surface area contributed by atoms with Crippen molar-refractivity contribution < 1.29 is 17.9 Å². The second kappa shape index (κ2) is 9.15. The number of carbonyl (C=O) groups is 1. The Morgan fingerprint density at radius 2 is 1.69 bits per heavy atom. The summed E-state index contributed by atoms with van der Waals surface area (Å²) < 4.78 is 32.9. The third-order valence-corrected chi connectivity index (χ3v) is 7.19. The molecule has 6 nitrogen and oxygen atoms in total. The number of aryl methyl sites for hydroxylation is 1. The Balaban J connectivity index is 1.64. The Bertz CT molecular complexity index is 955. The summed E-state index contributed by atoms with van der Waals surface area (Å²) in [5, 5.41) is 0.452.